The van der Waals surface area contributed by atoms with Crippen LogP contribution in [-0.4, -0.2) is 5.78 Å². The van der Waals surface area contributed by atoms with E-state index in [1.54, 1.807) is 6.07 Å². The average Bonchev–Trinajstić information content (AvgIpc) is 2.82. The third-order valence-corrected chi connectivity index (χ3v) is 4.61. The summed E-state index contributed by atoms with van der Waals surface area (Å²) >= 11 is 0. The standard InChI is InChI=1S/C18H25FO/c1-13(2)12-18(8-4-5-9-18)17(20)11-15-10-16(19)7-6-14(15)3/h6-7,10,13H,4-5,8-9,11-12H2,1-3H3. The van der Waals surface area contributed by atoms with Gasteiger partial charge >= 0.3 is 0 Å². The molecule has 2 rings (SSSR count). The number of halogens is 1. The molecule has 0 spiro atoms. The largest absolute Gasteiger partial charge is 0.299 e. The van der Waals surface area contributed by atoms with E-state index < -0.39 is 0 Å². The summed E-state index contributed by atoms with van der Waals surface area (Å²) in [7, 11) is 0. The van der Waals surface area contributed by atoms with E-state index in [1.807, 2.05) is 6.92 Å². The van der Waals surface area contributed by atoms with Crippen LogP contribution < -0.4 is 0 Å². The van der Waals surface area contributed by atoms with E-state index in [0.29, 0.717) is 18.1 Å². The van der Waals surface area contributed by atoms with Gasteiger partial charge in [-0.25, -0.2) is 4.39 Å². The van der Waals surface area contributed by atoms with Crippen LogP contribution in [0, 0.1) is 24.1 Å². The number of Topliss-reactive ketones (excluding diaryl/α,β-unsaturated/α-hetero) is 1. The van der Waals surface area contributed by atoms with E-state index in [2.05, 4.69) is 13.8 Å². The van der Waals surface area contributed by atoms with Gasteiger partial charge in [-0.05, 0) is 55.4 Å². The van der Waals surface area contributed by atoms with Crippen LogP contribution in [0.15, 0.2) is 18.2 Å². The Morgan fingerprint density at radius 2 is 1.95 bits per heavy atom. The number of carbonyl (C=O) groups excluding carboxylic acids is 1. The second-order valence-electron chi connectivity index (χ2n) is 6.76. The smallest absolute Gasteiger partial charge is 0.143 e. The first-order valence-corrected chi connectivity index (χ1v) is 7.71. The van der Waals surface area contributed by atoms with E-state index >= 15 is 0 Å². The molecule has 0 heterocycles. The molecule has 1 aromatic carbocycles. The number of carbonyl (C=O) groups is 1. The molecule has 0 saturated heterocycles. The number of hydrogen-bond acceptors (Lipinski definition) is 1. The van der Waals surface area contributed by atoms with Gasteiger partial charge in [-0.2, -0.15) is 0 Å². The Kier molecular flexibility index (Phi) is 4.62. The van der Waals surface area contributed by atoms with Crippen molar-refractivity contribution in [1.29, 1.82) is 0 Å². The fourth-order valence-electron chi connectivity index (χ4n) is 3.62. The van der Waals surface area contributed by atoms with E-state index in [4.69, 9.17) is 0 Å². The maximum absolute atomic E-state index is 13.4. The summed E-state index contributed by atoms with van der Waals surface area (Å²) in [4.78, 5) is 12.8. The normalized spacial score (nSPS) is 17.6. The molecule has 1 aromatic rings. The van der Waals surface area contributed by atoms with Crippen molar-refractivity contribution in [1.82, 2.24) is 0 Å². The first kappa shape index (κ1) is 15.2. The monoisotopic (exact) mass is 276 g/mol. The number of aryl methyl sites for hydroxylation is 1. The maximum atomic E-state index is 13.4. The lowest BCUT2D eigenvalue weighted by Gasteiger charge is -2.29. The summed E-state index contributed by atoms with van der Waals surface area (Å²) in [6, 6.07) is 4.75. The van der Waals surface area contributed by atoms with Crippen molar-refractivity contribution in [2.45, 2.75) is 59.3 Å². The molecule has 1 aliphatic carbocycles. The SMILES string of the molecule is Cc1ccc(F)cc1CC(=O)C1(CC(C)C)CCCC1. The molecular formula is C18H25FO. The summed E-state index contributed by atoms with van der Waals surface area (Å²) in [5.41, 5.74) is 1.72. The fraction of sp³-hybridized carbons (Fsp3) is 0.611. The molecule has 0 N–H and O–H groups in total. The lowest BCUT2D eigenvalue weighted by molar-refractivity contribution is -0.128. The molecule has 1 nitrogen and oxygen atoms in total. The Morgan fingerprint density at radius 1 is 1.30 bits per heavy atom. The lowest BCUT2D eigenvalue weighted by Crippen LogP contribution is -2.31. The zero-order valence-electron chi connectivity index (χ0n) is 12.8. The molecule has 0 bridgehead atoms. The van der Waals surface area contributed by atoms with Gasteiger partial charge < -0.3 is 0 Å². The van der Waals surface area contributed by atoms with Gasteiger partial charge in [-0.15, -0.1) is 0 Å². The van der Waals surface area contributed by atoms with Crippen molar-refractivity contribution in [2.75, 3.05) is 0 Å². The van der Waals surface area contributed by atoms with Crippen LogP contribution in [0.25, 0.3) is 0 Å². The summed E-state index contributed by atoms with van der Waals surface area (Å²) in [6.45, 7) is 6.31. The molecule has 0 aromatic heterocycles. The number of rotatable bonds is 5. The first-order chi connectivity index (χ1) is 9.43. The molecule has 0 radical (unpaired) electrons. The molecule has 0 amide bonds. The van der Waals surface area contributed by atoms with Crippen LogP contribution in [0.1, 0.15) is 57.1 Å². The predicted molar refractivity (Wildman–Crippen MR) is 80.2 cm³/mol. The highest BCUT2D eigenvalue weighted by molar-refractivity contribution is 5.87. The Bertz CT molecular complexity index is 484. The second-order valence-corrected chi connectivity index (χ2v) is 6.76. The molecule has 1 aliphatic rings. The zero-order chi connectivity index (χ0) is 14.8. The Hall–Kier alpha value is -1.18. The topological polar surface area (TPSA) is 17.1 Å². The predicted octanol–water partition coefficient (Wildman–Crippen LogP) is 4.85. The van der Waals surface area contributed by atoms with Gasteiger partial charge in [0.05, 0.1) is 0 Å². The molecule has 0 unspecified atom stereocenters. The van der Waals surface area contributed by atoms with Gasteiger partial charge in [0.25, 0.3) is 0 Å². The van der Waals surface area contributed by atoms with Crippen molar-refractivity contribution >= 4 is 5.78 Å². The van der Waals surface area contributed by atoms with Gasteiger partial charge in [-0.3, -0.25) is 4.79 Å². The Labute approximate surface area is 121 Å². The summed E-state index contributed by atoms with van der Waals surface area (Å²) in [5, 5.41) is 0. The molecule has 2 heteroatoms. The molecule has 20 heavy (non-hydrogen) atoms. The van der Waals surface area contributed by atoms with Crippen LogP contribution in [0.3, 0.4) is 0 Å². The van der Waals surface area contributed by atoms with Gasteiger partial charge in [0.2, 0.25) is 0 Å². The zero-order valence-corrected chi connectivity index (χ0v) is 12.8. The van der Waals surface area contributed by atoms with Crippen LogP contribution in [0.4, 0.5) is 4.39 Å². The van der Waals surface area contributed by atoms with Gasteiger partial charge in [0, 0.05) is 11.8 Å². The minimum absolute atomic E-state index is 0.146. The van der Waals surface area contributed by atoms with E-state index in [0.717, 1.165) is 43.2 Å². The number of hydrogen-bond donors (Lipinski definition) is 0. The molecule has 1 saturated carbocycles. The highest BCUT2D eigenvalue weighted by atomic mass is 19.1. The maximum Gasteiger partial charge on any atom is 0.143 e. The third kappa shape index (κ3) is 3.28. The van der Waals surface area contributed by atoms with Gasteiger partial charge in [0.1, 0.15) is 11.6 Å². The van der Waals surface area contributed by atoms with Crippen LogP contribution in [0.5, 0.6) is 0 Å². The molecule has 1 fully saturated rings. The quantitative estimate of drug-likeness (QED) is 0.751. The molecule has 0 aliphatic heterocycles. The highest BCUT2D eigenvalue weighted by Crippen LogP contribution is 2.44. The van der Waals surface area contributed by atoms with E-state index in [1.165, 1.54) is 12.1 Å². The average molecular weight is 276 g/mol. The molecule has 110 valence electrons. The second kappa shape index (κ2) is 6.07. The van der Waals surface area contributed by atoms with E-state index in [-0.39, 0.29) is 11.2 Å². The van der Waals surface area contributed by atoms with Crippen LogP contribution >= 0.6 is 0 Å². The minimum atomic E-state index is -0.247. The fourth-order valence-corrected chi connectivity index (χ4v) is 3.62. The summed E-state index contributed by atoms with van der Waals surface area (Å²) in [6.07, 6.45) is 5.69. The van der Waals surface area contributed by atoms with Gasteiger partial charge in [0.15, 0.2) is 0 Å². The van der Waals surface area contributed by atoms with Crippen molar-refractivity contribution in [2.24, 2.45) is 11.3 Å². The lowest BCUT2D eigenvalue weighted by atomic mass is 9.73. The number of ketones is 1. The highest BCUT2D eigenvalue weighted by Gasteiger charge is 2.40. The Morgan fingerprint density at radius 3 is 2.55 bits per heavy atom. The van der Waals surface area contributed by atoms with Gasteiger partial charge in [-0.1, -0.05) is 32.8 Å². The Balaban J connectivity index is 2.18. The van der Waals surface area contributed by atoms with E-state index in [9.17, 15) is 9.18 Å². The van der Waals surface area contributed by atoms with Crippen molar-refractivity contribution in [3.05, 3.63) is 35.1 Å². The van der Waals surface area contributed by atoms with Crippen LogP contribution in [-0.2, 0) is 11.2 Å². The van der Waals surface area contributed by atoms with Crippen molar-refractivity contribution < 1.29 is 9.18 Å². The third-order valence-electron chi connectivity index (χ3n) is 4.61. The number of benzene rings is 1. The van der Waals surface area contributed by atoms with Crippen LogP contribution in [0.2, 0.25) is 0 Å². The summed E-state index contributed by atoms with van der Waals surface area (Å²) in [5.74, 6) is 0.603. The van der Waals surface area contributed by atoms with Crippen molar-refractivity contribution in [3.8, 4) is 0 Å². The first-order valence-electron chi connectivity index (χ1n) is 7.71. The van der Waals surface area contributed by atoms with Crippen molar-refractivity contribution in [3.63, 3.8) is 0 Å². The molecule has 0 atom stereocenters. The molecular weight excluding hydrogens is 251 g/mol. The minimum Gasteiger partial charge on any atom is -0.299 e. The summed E-state index contributed by atoms with van der Waals surface area (Å²) < 4.78 is 13.4.